The summed E-state index contributed by atoms with van der Waals surface area (Å²) in [6.07, 6.45) is 2.17. The quantitative estimate of drug-likeness (QED) is 0.921. The third kappa shape index (κ3) is 3.61. The largest absolute Gasteiger partial charge is 0.352 e. The summed E-state index contributed by atoms with van der Waals surface area (Å²) in [7, 11) is 0. The van der Waals surface area contributed by atoms with E-state index in [0.717, 1.165) is 23.4 Å². The van der Waals surface area contributed by atoms with Crippen molar-refractivity contribution in [2.45, 2.75) is 33.4 Å². The van der Waals surface area contributed by atoms with E-state index in [4.69, 9.17) is 11.6 Å². The summed E-state index contributed by atoms with van der Waals surface area (Å²) in [5.74, 6) is -0.00373. The van der Waals surface area contributed by atoms with Gasteiger partial charge in [-0.3, -0.25) is 9.48 Å². The van der Waals surface area contributed by atoms with Crippen LogP contribution in [0.4, 0.5) is 0 Å². The molecule has 1 aromatic heterocycles. The number of carbonyl (C=O) groups excluding carboxylic acids is 1. The van der Waals surface area contributed by atoms with E-state index in [1.807, 2.05) is 30.7 Å². The minimum absolute atomic E-state index is 0.00373. The number of nitrogens with one attached hydrogen (secondary N) is 1. The highest BCUT2D eigenvalue weighted by atomic mass is 35.5. The first kappa shape index (κ1) is 14.6. The lowest BCUT2D eigenvalue weighted by Gasteiger charge is -2.06. The van der Waals surface area contributed by atoms with Crippen LogP contribution in [0.2, 0.25) is 5.02 Å². The first-order valence-corrected chi connectivity index (χ1v) is 7.00. The summed E-state index contributed by atoms with van der Waals surface area (Å²) in [5.41, 5.74) is 3.10. The van der Waals surface area contributed by atoms with Crippen LogP contribution < -0.4 is 5.32 Å². The summed E-state index contributed by atoms with van der Waals surface area (Å²) in [5, 5.41) is 7.85. The summed E-state index contributed by atoms with van der Waals surface area (Å²) in [6.45, 7) is 5.41. The first-order chi connectivity index (χ1) is 9.60. The van der Waals surface area contributed by atoms with Crippen molar-refractivity contribution in [3.63, 3.8) is 0 Å². The number of benzene rings is 1. The molecule has 106 valence electrons. The Morgan fingerprint density at radius 1 is 1.35 bits per heavy atom. The molecular formula is C15H18ClN3O. The third-order valence-electron chi connectivity index (χ3n) is 3.26. The lowest BCUT2D eigenvalue weighted by molar-refractivity contribution is -0.120. The van der Waals surface area contributed by atoms with Crippen LogP contribution in [0.3, 0.4) is 0 Å². The number of halogens is 1. The minimum Gasteiger partial charge on any atom is -0.352 e. The van der Waals surface area contributed by atoms with E-state index < -0.39 is 0 Å². The van der Waals surface area contributed by atoms with Gasteiger partial charge in [0.25, 0.3) is 0 Å². The smallest absolute Gasteiger partial charge is 0.224 e. The van der Waals surface area contributed by atoms with Crippen LogP contribution >= 0.6 is 11.6 Å². The number of aryl methyl sites for hydroxylation is 1. The Morgan fingerprint density at radius 2 is 2.05 bits per heavy atom. The summed E-state index contributed by atoms with van der Waals surface area (Å²) in [4.78, 5) is 11.9. The van der Waals surface area contributed by atoms with E-state index in [0.29, 0.717) is 18.0 Å². The van der Waals surface area contributed by atoms with Crippen molar-refractivity contribution in [2.24, 2.45) is 0 Å². The molecule has 1 N–H and O–H groups in total. The van der Waals surface area contributed by atoms with E-state index in [1.165, 1.54) is 0 Å². The molecule has 0 aliphatic rings. The van der Waals surface area contributed by atoms with Gasteiger partial charge in [-0.05, 0) is 31.5 Å². The first-order valence-electron chi connectivity index (χ1n) is 6.62. The third-order valence-corrected chi connectivity index (χ3v) is 3.51. The van der Waals surface area contributed by atoms with Crippen molar-refractivity contribution in [3.8, 4) is 0 Å². The number of amides is 1. The Labute approximate surface area is 123 Å². The fraction of sp³-hybridized carbons (Fsp3) is 0.333. The van der Waals surface area contributed by atoms with Crippen LogP contribution in [-0.4, -0.2) is 15.7 Å². The molecule has 0 radical (unpaired) electrons. The molecule has 1 aromatic carbocycles. The molecule has 0 spiro atoms. The van der Waals surface area contributed by atoms with Gasteiger partial charge in [-0.2, -0.15) is 5.10 Å². The second-order valence-corrected chi connectivity index (χ2v) is 5.09. The summed E-state index contributed by atoms with van der Waals surface area (Å²) in [6, 6.07) is 7.31. The lowest BCUT2D eigenvalue weighted by atomic mass is 10.1. The van der Waals surface area contributed by atoms with E-state index in [9.17, 15) is 4.79 Å². The average Bonchev–Trinajstić information content (AvgIpc) is 2.79. The van der Waals surface area contributed by atoms with Crippen LogP contribution in [-0.2, 0) is 24.3 Å². The number of aromatic nitrogens is 2. The van der Waals surface area contributed by atoms with Gasteiger partial charge in [0.05, 0.1) is 12.6 Å². The molecule has 0 saturated heterocycles. The van der Waals surface area contributed by atoms with Gasteiger partial charge in [0.1, 0.15) is 0 Å². The molecule has 1 amide bonds. The maximum Gasteiger partial charge on any atom is 0.224 e. The second kappa shape index (κ2) is 6.57. The Hall–Kier alpha value is -1.81. The molecule has 20 heavy (non-hydrogen) atoms. The van der Waals surface area contributed by atoms with Gasteiger partial charge in [-0.15, -0.1) is 0 Å². The molecule has 0 fully saturated rings. The molecule has 0 aliphatic heterocycles. The molecule has 2 rings (SSSR count). The van der Waals surface area contributed by atoms with Crippen LogP contribution in [0.1, 0.15) is 23.7 Å². The zero-order valence-electron chi connectivity index (χ0n) is 11.7. The van der Waals surface area contributed by atoms with Gasteiger partial charge in [-0.25, -0.2) is 0 Å². The number of nitrogens with zero attached hydrogens (tertiary/aromatic N) is 2. The van der Waals surface area contributed by atoms with Crippen LogP contribution in [0, 0.1) is 6.92 Å². The molecular weight excluding hydrogens is 274 g/mol. The molecule has 0 bridgehead atoms. The molecule has 4 nitrogen and oxygen atoms in total. The molecule has 1 heterocycles. The lowest BCUT2D eigenvalue weighted by Crippen LogP contribution is -2.24. The van der Waals surface area contributed by atoms with E-state index >= 15 is 0 Å². The molecule has 0 unspecified atom stereocenters. The fourth-order valence-electron chi connectivity index (χ4n) is 2.02. The fourth-order valence-corrected chi connectivity index (χ4v) is 2.15. The predicted octanol–water partition coefficient (Wildman–Crippen LogP) is 2.72. The van der Waals surface area contributed by atoms with Gasteiger partial charge in [-0.1, -0.05) is 23.7 Å². The van der Waals surface area contributed by atoms with Crippen molar-refractivity contribution in [2.75, 3.05) is 0 Å². The Kier molecular flexibility index (Phi) is 4.79. The van der Waals surface area contributed by atoms with E-state index in [1.54, 1.807) is 18.3 Å². The molecule has 0 aliphatic carbocycles. The topological polar surface area (TPSA) is 46.9 Å². The number of rotatable bonds is 5. The van der Waals surface area contributed by atoms with Gasteiger partial charge in [0, 0.05) is 29.4 Å². The summed E-state index contributed by atoms with van der Waals surface area (Å²) < 4.78 is 1.92. The van der Waals surface area contributed by atoms with Gasteiger partial charge < -0.3 is 5.32 Å². The van der Waals surface area contributed by atoms with Gasteiger partial charge in [0.2, 0.25) is 5.91 Å². The highest BCUT2D eigenvalue weighted by molar-refractivity contribution is 6.30. The molecule has 2 aromatic rings. The monoisotopic (exact) mass is 291 g/mol. The Morgan fingerprint density at radius 3 is 2.65 bits per heavy atom. The molecule has 0 atom stereocenters. The molecule has 0 saturated carbocycles. The van der Waals surface area contributed by atoms with Gasteiger partial charge >= 0.3 is 0 Å². The van der Waals surface area contributed by atoms with Crippen LogP contribution in [0.5, 0.6) is 0 Å². The maximum atomic E-state index is 11.9. The number of hydrogen-bond acceptors (Lipinski definition) is 2. The van der Waals surface area contributed by atoms with E-state index in [2.05, 4.69) is 10.4 Å². The van der Waals surface area contributed by atoms with E-state index in [-0.39, 0.29) is 5.91 Å². The molecule has 5 heteroatoms. The standard InChI is InChI=1S/C15H18ClN3O/c1-3-19-11(2)13(10-18-19)9-17-15(20)8-12-4-6-14(16)7-5-12/h4-7,10H,3,8-9H2,1-2H3,(H,17,20). The normalized spacial score (nSPS) is 10.6. The van der Waals surface area contributed by atoms with Crippen LogP contribution in [0.15, 0.2) is 30.5 Å². The zero-order valence-corrected chi connectivity index (χ0v) is 12.4. The zero-order chi connectivity index (χ0) is 14.5. The van der Waals surface area contributed by atoms with Crippen molar-refractivity contribution >= 4 is 17.5 Å². The maximum absolute atomic E-state index is 11.9. The Balaban J connectivity index is 1.88. The SMILES string of the molecule is CCn1ncc(CNC(=O)Cc2ccc(Cl)cc2)c1C. The predicted molar refractivity (Wildman–Crippen MR) is 79.6 cm³/mol. The second-order valence-electron chi connectivity index (χ2n) is 4.65. The van der Waals surface area contributed by atoms with Crippen molar-refractivity contribution in [1.82, 2.24) is 15.1 Å². The Bertz CT molecular complexity index is 590. The van der Waals surface area contributed by atoms with Gasteiger partial charge in [0.15, 0.2) is 0 Å². The number of carbonyl (C=O) groups is 1. The van der Waals surface area contributed by atoms with Crippen molar-refractivity contribution in [3.05, 3.63) is 52.3 Å². The van der Waals surface area contributed by atoms with Crippen LogP contribution in [0.25, 0.3) is 0 Å². The van der Waals surface area contributed by atoms with Crippen molar-refractivity contribution < 1.29 is 4.79 Å². The minimum atomic E-state index is -0.00373. The average molecular weight is 292 g/mol. The highest BCUT2D eigenvalue weighted by Gasteiger charge is 2.07. The highest BCUT2D eigenvalue weighted by Crippen LogP contribution is 2.10. The number of hydrogen-bond donors (Lipinski definition) is 1. The summed E-state index contributed by atoms with van der Waals surface area (Å²) >= 11 is 5.81. The van der Waals surface area contributed by atoms with Crippen molar-refractivity contribution in [1.29, 1.82) is 0 Å².